The summed E-state index contributed by atoms with van der Waals surface area (Å²) in [5, 5.41) is 15.6. The number of carbonyl (C=O) groups is 2. The summed E-state index contributed by atoms with van der Waals surface area (Å²) in [6.07, 6.45) is 0.0998. The number of hydrogen-bond donors (Lipinski definition) is 2. The topological polar surface area (TPSA) is 106 Å². The Balaban J connectivity index is 2.33. The first-order chi connectivity index (χ1) is 12.3. The molecule has 1 unspecified atom stereocenters. The third-order valence-corrected chi connectivity index (χ3v) is 3.65. The van der Waals surface area contributed by atoms with E-state index >= 15 is 0 Å². The average molecular weight is 364 g/mol. The number of ether oxygens (including phenoxy) is 1. The van der Waals surface area contributed by atoms with E-state index in [-0.39, 0.29) is 30.5 Å². The highest BCUT2D eigenvalue weighted by atomic mass is 19.1. The van der Waals surface area contributed by atoms with Gasteiger partial charge in [0.25, 0.3) is 5.91 Å². The quantitative estimate of drug-likeness (QED) is 0.739. The lowest BCUT2D eigenvalue weighted by atomic mass is 10.2. The molecule has 1 aromatic carbocycles. The molecule has 0 saturated heterocycles. The number of aromatic nitrogens is 3. The fourth-order valence-corrected chi connectivity index (χ4v) is 2.31. The minimum atomic E-state index is -1.19. The van der Waals surface area contributed by atoms with Crippen LogP contribution in [0.2, 0.25) is 0 Å². The van der Waals surface area contributed by atoms with E-state index in [0.717, 1.165) is 0 Å². The first-order valence-corrected chi connectivity index (χ1v) is 8.09. The second kappa shape index (κ2) is 8.52. The van der Waals surface area contributed by atoms with E-state index < -0.39 is 23.7 Å². The molecule has 1 heterocycles. The van der Waals surface area contributed by atoms with Crippen LogP contribution in [0.25, 0.3) is 5.69 Å². The Morgan fingerprint density at radius 1 is 1.35 bits per heavy atom. The van der Waals surface area contributed by atoms with Gasteiger partial charge in [-0.2, -0.15) is 0 Å². The molecule has 1 amide bonds. The van der Waals surface area contributed by atoms with Crippen LogP contribution in [0.15, 0.2) is 24.3 Å². The van der Waals surface area contributed by atoms with E-state index in [2.05, 4.69) is 15.4 Å². The summed E-state index contributed by atoms with van der Waals surface area (Å²) >= 11 is 0. The van der Waals surface area contributed by atoms with Crippen molar-refractivity contribution in [3.63, 3.8) is 0 Å². The maximum atomic E-state index is 14.1. The van der Waals surface area contributed by atoms with Crippen LogP contribution in [0.1, 0.15) is 42.6 Å². The number of para-hydroxylation sites is 1. The van der Waals surface area contributed by atoms with Gasteiger partial charge in [0, 0.05) is 26.1 Å². The van der Waals surface area contributed by atoms with Crippen molar-refractivity contribution < 1.29 is 23.8 Å². The standard InChI is InChI=1S/C17H21FN4O4/c1-10(2)15-20-14(16(23)19-12(17(24)25)8-9-26-3)21-22(15)13-7-5-4-6-11(13)18/h4-7,10,12H,8-9H2,1-3H3,(H,19,23)(H,24,25). The lowest BCUT2D eigenvalue weighted by molar-refractivity contribution is -0.139. The maximum absolute atomic E-state index is 14.1. The first-order valence-electron chi connectivity index (χ1n) is 8.09. The summed E-state index contributed by atoms with van der Waals surface area (Å²) in [5.74, 6) is -2.40. The number of carboxylic acid groups (broad SMARTS) is 1. The Morgan fingerprint density at radius 3 is 2.62 bits per heavy atom. The monoisotopic (exact) mass is 364 g/mol. The zero-order valence-corrected chi connectivity index (χ0v) is 14.8. The number of methoxy groups -OCH3 is 1. The van der Waals surface area contributed by atoms with Crippen molar-refractivity contribution in [1.29, 1.82) is 0 Å². The van der Waals surface area contributed by atoms with Crippen LogP contribution >= 0.6 is 0 Å². The molecule has 0 aliphatic rings. The number of aliphatic carboxylic acids is 1. The third-order valence-electron chi connectivity index (χ3n) is 3.65. The fourth-order valence-electron chi connectivity index (χ4n) is 2.31. The summed E-state index contributed by atoms with van der Waals surface area (Å²) in [5.41, 5.74) is 0.164. The van der Waals surface area contributed by atoms with Gasteiger partial charge in [0.05, 0.1) is 0 Å². The number of hydrogen-bond acceptors (Lipinski definition) is 5. The Labute approximate surface area is 150 Å². The Hall–Kier alpha value is -2.81. The minimum Gasteiger partial charge on any atom is -0.480 e. The number of carboxylic acids is 1. The van der Waals surface area contributed by atoms with Crippen molar-refractivity contribution >= 4 is 11.9 Å². The Bertz CT molecular complexity index is 791. The highest BCUT2D eigenvalue weighted by molar-refractivity contribution is 5.93. The molecule has 140 valence electrons. The van der Waals surface area contributed by atoms with E-state index in [9.17, 15) is 19.1 Å². The molecule has 0 fully saturated rings. The van der Waals surface area contributed by atoms with Gasteiger partial charge in [-0.05, 0) is 12.1 Å². The van der Waals surface area contributed by atoms with Crippen LogP contribution in [0.4, 0.5) is 4.39 Å². The van der Waals surface area contributed by atoms with E-state index in [0.29, 0.717) is 5.82 Å². The molecule has 0 aliphatic carbocycles. The third kappa shape index (κ3) is 4.42. The predicted octanol–water partition coefficient (Wildman–Crippen LogP) is 1.75. The molecule has 2 rings (SSSR count). The summed E-state index contributed by atoms with van der Waals surface area (Å²) in [6.45, 7) is 3.84. The number of nitrogens with zero attached hydrogens (tertiary/aromatic N) is 3. The highest BCUT2D eigenvalue weighted by Gasteiger charge is 2.25. The molecule has 8 nitrogen and oxygen atoms in total. The molecular weight excluding hydrogens is 343 g/mol. The van der Waals surface area contributed by atoms with Crippen molar-refractivity contribution in [3.05, 3.63) is 41.7 Å². The van der Waals surface area contributed by atoms with E-state index in [1.54, 1.807) is 12.1 Å². The second-order valence-corrected chi connectivity index (χ2v) is 5.96. The number of halogens is 1. The van der Waals surface area contributed by atoms with Crippen molar-refractivity contribution in [1.82, 2.24) is 20.1 Å². The molecule has 0 spiro atoms. The molecule has 0 radical (unpaired) electrons. The van der Waals surface area contributed by atoms with Crippen molar-refractivity contribution in [3.8, 4) is 5.69 Å². The zero-order chi connectivity index (χ0) is 19.3. The second-order valence-electron chi connectivity index (χ2n) is 5.96. The maximum Gasteiger partial charge on any atom is 0.326 e. The van der Waals surface area contributed by atoms with Gasteiger partial charge in [-0.25, -0.2) is 18.9 Å². The molecule has 0 aliphatic heterocycles. The van der Waals surface area contributed by atoms with Crippen LogP contribution in [0, 0.1) is 5.82 Å². The lowest BCUT2D eigenvalue weighted by Gasteiger charge is -2.12. The average Bonchev–Trinajstić information content (AvgIpc) is 3.04. The van der Waals surface area contributed by atoms with E-state index in [1.165, 1.54) is 23.9 Å². The summed E-state index contributed by atoms with van der Waals surface area (Å²) in [6, 6.07) is 4.87. The number of amides is 1. The van der Waals surface area contributed by atoms with Gasteiger partial charge < -0.3 is 15.2 Å². The van der Waals surface area contributed by atoms with Crippen molar-refractivity contribution in [2.75, 3.05) is 13.7 Å². The van der Waals surface area contributed by atoms with Gasteiger partial charge in [-0.3, -0.25) is 4.79 Å². The highest BCUT2D eigenvalue weighted by Crippen LogP contribution is 2.19. The van der Waals surface area contributed by atoms with Gasteiger partial charge in [0.1, 0.15) is 23.4 Å². The first kappa shape index (κ1) is 19.5. The van der Waals surface area contributed by atoms with E-state index in [1.807, 2.05) is 13.8 Å². The van der Waals surface area contributed by atoms with Gasteiger partial charge in [0.15, 0.2) is 0 Å². The number of rotatable bonds is 8. The lowest BCUT2D eigenvalue weighted by Crippen LogP contribution is -2.42. The smallest absolute Gasteiger partial charge is 0.326 e. The van der Waals surface area contributed by atoms with Gasteiger partial charge in [0.2, 0.25) is 5.82 Å². The molecule has 2 aromatic rings. The predicted molar refractivity (Wildman–Crippen MR) is 90.8 cm³/mol. The Morgan fingerprint density at radius 2 is 2.04 bits per heavy atom. The van der Waals surface area contributed by atoms with E-state index in [4.69, 9.17) is 4.74 Å². The van der Waals surface area contributed by atoms with Crippen LogP contribution in [-0.2, 0) is 9.53 Å². The fraction of sp³-hybridized carbons (Fsp3) is 0.412. The SMILES string of the molecule is COCCC(NC(=O)c1nc(C(C)C)n(-c2ccccc2F)n1)C(=O)O. The normalized spacial score (nSPS) is 12.2. The van der Waals surface area contributed by atoms with Crippen LogP contribution in [-0.4, -0.2) is 51.5 Å². The van der Waals surface area contributed by atoms with Crippen LogP contribution in [0.5, 0.6) is 0 Å². The van der Waals surface area contributed by atoms with Gasteiger partial charge in [-0.1, -0.05) is 26.0 Å². The summed E-state index contributed by atoms with van der Waals surface area (Å²) in [4.78, 5) is 27.8. The van der Waals surface area contributed by atoms with Crippen molar-refractivity contribution in [2.45, 2.75) is 32.2 Å². The molecule has 2 N–H and O–H groups in total. The van der Waals surface area contributed by atoms with Gasteiger partial charge in [-0.15, -0.1) is 5.10 Å². The summed E-state index contributed by atoms with van der Waals surface area (Å²) in [7, 11) is 1.44. The molecule has 1 atom stereocenters. The zero-order valence-electron chi connectivity index (χ0n) is 14.8. The molecule has 0 bridgehead atoms. The van der Waals surface area contributed by atoms with Crippen molar-refractivity contribution in [2.24, 2.45) is 0 Å². The van der Waals surface area contributed by atoms with Crippen LogP contribution < -0.4 is 5.32 Å². The molecule has 0 saturated carbocycles. The van der Waals surface area contributed by atoms with Gasteiger partial charge >= 0.3 is 5.97 Å². The molecule has 9 heteroatoms. The molecular formula is C17H21FN4O4. The van der Waals surface area contributed by atoms with Crippen LogP contribution in [0.3, 0.4) is 0 Å². The molecule has 26 heavy (non-hydrogen) atoms. The largest absolute Gasteiger partial charge is 0.480 e. The Kier molecular flexibility index (Phi) is 6.40. The molecule has 1 aromatic heterocycles. The number of carbonyl (C=O) groups excluding carboxylic acids is 1. The number of nitrogens with one attached hydrogen (secondary N) is 1. The summed E-state index contributed by atoms with van der Waals surface area (Å²) < 4.78 is 20.2. The minimum absolute atomic E-state index is 0.0998. The number of benzene rings is 1.